The lowest BCUT2D eigenvalue weighted by molar-refractivity contribution is -0.122. The van der Waals surface area contributed by atoms with Gasteiger partial charge in [0.1, 0.15) is 10.5 Å². The molecule has 1 aliphatic rings. The number of methoxy groups -OCH3 is 1. The van der Waals surface area contributed by atoms with Gasteiger partial charge in [0.15, 0.2) is 11.5 Å². The first kappa shape index (κ1) is 27.3. The molecular weight excluding hydrogens is 623 g/mol. The molecule has 0 radical (unpaired) electrons. The van der Waals surface area contributed by atoms with Crippen LogP contribution in [0.25, 0.3) is 6.08 Å². The maximum absolute atomic E-state index is 13.3. The lowest BCUT2D eigenvalue weighted by Gasteiger charge is -2.27. The summed E-state index contributed by atoms with van der Waals surface area (Å²) in [5.74, 6) is -1.60. The normalized spacial score (nSPS) is 15.0. The van der Waals surface area contributed by atoms with Gasteiger partial charge in [-0.25, -0.2) is 9.69 Å². The highest BCUT2D eigenvalue weighted by atomic mass is 127. The van der Waals surface area contributed by atoms with Crippen molar-refractivity contribution in [2.24, 2.45) is 0 Å². The van der Waals surface area contributed by atoms with Gasteiger partial charge in [-0.3, -0.25) is 14.9 Å². The molecule has 0 saturated carbocycles. The number of nitrogens with one attached hydrogen (secondary N) is 1. The molecule has 1 aliphatic heterocycles. The fourth-order valence-electron chi connectivity index (χ4n) is 3.77. The zero-order valence-electron chi connectivity index (χ0n) is 20.9. The van der Waals surface area contributed by atoms with Crippen LogP contribution in [0.4, 0.5) is 10.5 Å². The molecule has 9 nitrogen and oxygen atoms in total. The minimum atomic E-state index is -4.16. The van der Waals surface area contributed by atoms with Gasteiger partial charge < -0.3 is 8.92 Å². The van der Waals surface area contributed by atoms with Crippen molar-refractivity contribution in [2.75, 3.05) is 12.0 Å². The molecular formula is C27H23IN2O7S. The second kappa shape index (κ2) is 10.6. The minimum Gasteiger partial charge on any atom is -0.493 e. The Morgan fingerprint density at radius 2 is 1.58 bits per heavy atom. The molecule has 0 atom stereocenters. The van der Waals surface area contributed by atoms with Crippen molar-refractivity contribution in [1.29, 1.82) is 0 Å². The standard InChI is InChI=1S/C27H23IN2O7S/c1-15-6-9-19(10-7-15)38(34,35)37-24-21(28)13-18(14-23(24)36-4)12-20-25(31)29-27(33)30(26(20)32)22-11-16(2)5-8-17(22)3/h5-14H,1-4H3,(H,29,31,33)/b20-12+. The second-order valence-electron chi connectivity index (χ2n) is 8.63. The van der Waals surface area contributed by atoms with E-state index in [-0.39, 0.29) is 22.0 Å². The molecule has 0 bridgehead atoms. The first-order chi connectivity index (χ1) is 17.9. The maximum Gasteiger partial charge on any atom is 0.339 e. The van der Waals surface area contributed by atoms with E-state index in [1.54, 1.807) is 31.2 Å². The predicted octanol–water partition coefficient (Wildman–Crippen LogP) is 4.66. The van der Waals surface area contributed by atoms with E-state index < -0.39 is 28.0 Å². The van der Waals surface area contributed by atoms with E-state index in [4.69, 9.17) is 8.92 Å². The molecule has 1 saturated heterocycles. The van der Waals surface area contributed by atoms with E-state index in [9.17, 15) is 22.8 Å². The highest BCUT2D eigenvalue weighted by Crippen LogP contribution is 2.37. The van der Waals surface area contributed by atoms with Gasteiger partial charge in [0, 0.05) is 0 Å². The Morgan fingerprint density at radius 3 is 2.24 bits per heavy atom. The molecule has 4 amide bonds. The average molecular weight is 646 g/mol. The van der Waals surface area contributed by atoms with Crippen LogP contribution in [0.3, 0.4) is 0 Å². The summed E-state index contributed by atoms with van der Waals surface area (Å²) >= 11 is 1.88. The summed E-state index contributed by atoms with van der Waals surface area (Å²) < 4.78 is 36.8. The number of imide groups is 2. The number of anilines is 1. The van der Waals surface area contributed by atoms with Gasteiger partial charge in [0.05, 0.1) is 16.4 Å². The van der Waals surface area contributed by atoms with Crippen molar-refractivity contribution < 1.29 is 31.7 Å². The Balaban J connectivity index is 1.72. The van der Waals surface area contributed by atoms with Crippen molar-refractivity contribution in [3.05, 3.63) is 86.0 Å². The molecule has 196 valence electrons. The Bertz CT molecular complexity index is 1610. The first-order valence-electron chi connectivity index (χ1n) is 11.3. The summed E-state index contributed by atoms with van der Waals surface area (Å²) in [5, 5.41) is 2.20. The molecule has 1 fully saturated rings. The van der Waals surface area contributed by atoms with Gasteiger partial charge in [-0.1, -0.05) is 29.8 Å². The van der Waals surface area contributed by atoms with Crippen LogP contribution in [0.15, 0.2) is 65.1 Å². The molecule has 0 aliphatic carbocycles. The zero-order chi connectivity index (χ0) is 27.8. The SMILES string of the molecule is COc1cc(/C=C2\C(=O)NC(=O)N(c3cc(C)ccc3C)C2=O)cc(I)c1OS(=O)(=O)c1ccc(C)cc1. The monoisotopic (exact) mass is 646 g/mol. The van der Waals surface area contributed by atoms with E-state index in [0.29, 0.717) is 20.4 Å². The van der Waals surface area contributed by atoms with Gasteiger partial charge in [0.25, 0.3) is 11.8 Å². The third kappa shape index (κ3) is 5.43. The smallest absolute Gasteiger partial charge is 0.339 e. The van der Waals surface area contributed by atoms with E-state index in [1.807, 2.05) is 42.5 Å². The second-order valence-corrected chi connectivity index (χ2v) is 11.3. The number of hydrogen-bond acceptors (Lipinski definition) is 7. The topological polar surface area (TPSA) is 119 Å². The Labute approximate surface area is 233 Å². The largest absolute Gasteiger partial charge is 0.493 e. The number of barbiturate groups is 1. The molecule has 38 heavy (non-hydrogen) atoms. The summed E-state index contributed by atoms with van der Waals surface area (Å²) in [7, 11) is -2.82. The van der Waals surface area contributed by atoms with Crippen LogP contribution in [-0.2, 0) is 19.7 Å². The van der Waals surface area contributed by atoms with Crippen molar-refractivity contribution in [3.63, 3.8) is 0 Å². The van der Waals surface area contributed by atoms with Gasteiger partial charge >= 0.3 is 16.1 Å². The molecule has 1 heterocycles. The fourth-order valence-corrected chi connectivity index (χ4v) is 5.61. The number of hydrogen-bond donors (Lipinski definition) is 1. The number of nitrogens with zero attached hydrogens (tertiary/aromatic N) is 1. The van der Waals surface area contributed by atoms with Gasteiger partial charge in [-0.2, -0.15) is 8.42 Å². The first-order valence-corrected chi connectivity index (χ1v) is 13.8. The van der Waals surface area contributed by atoms with Crippen LogP contribution in [0.5, 0.6) is 11.5 Å². The van der Waals surface area contributed by atoms with E-state index in [2.05, 4.69) is 5.32 Å². The predicted molar refractivity (Wildman–Crippen MR) is 150 cm³/mol. The van der Waals surface area contributed by atoms with E-state index in [0.717, 1.165) is 16.0 Å². The summed E-state index contributed by atoms with van der Waals surface area (Å²) in [5.41, 5.74) is 2.87. The van der Waals surface area contributed by atoms with Crippen LogP contribution in [0.1, 0.15) is 22.3 Å². The molecule has 0 spiro atoms. The number of ether oxygens (including phenoxy) is 1. The van der Waals surface area contributed by atoms with Crippen LogP contribution in [0.2, 0.25) is 0 Å². The molecule has 0 aromatic heterocycles. The molecule has 1 N–H and O–H groups in total. The summed E-state index contributed by atoms with van der Waals surface area (Å²) in [4.78, 5) is 39.5. The lowest BCUT2D eigenvalue weighted by Crippen LogP contribution is -2.54. The molecule has 4 rings (SSSR count). The van der Waals surface area contributed by atoms with Crippen molar-refractivity contribution in [1.82, 2.24) is 5.32 Å². The minimum absolute atomic E-state index is 0.0205. The van der Waals surface area contributed by atoms with E-state index >= 15 is 0 Å². The van der Waals surface area contributed by atoms with Crippen LogP contribution in [-0.4, -0.2) is 33.4 Å². The average Bonchev–Trinajstić information content (AvgIpc) is 2.85. The number of halogens is 1. The van der Waals surface area contributed by atoms with Crippen LogP contribution >= 0.6 is 22.6 Å². The maximum atomic E-state index is 13.3. The number of urea groups is 1. The Kier molecular flexibility index (Phi) is 7.61. The Hall–Kier alpha value is -3.71. The zero-order valence-corrected chi connectivity index (χ0v) is 23.8. The summed E-state index contributed by atoms with van der Waals surface area (Å²) in [6, 6.07) is 13.7. The lowest BCUT2D eigenvalue weighted by atomic mass is 10.0. The number of aryl methyl sites for hydroxylation is 3. The number of rotatable bonds is 6. The third-order valence-corrected chi connectivity index (χ3v) is 7.81. The summed E-state index contributed by atoms with van der Waals surface area (Å²) in [6.07, 6.45) is 1.31. The van der Waals surface area contributed by atoms with E-state index in [1.165, 1.54) is 37.5 Å². The number of carbonyl (C=O) groups is 3. The third-order valence-electron chi connectivity index (χ3n) is 5.77. The van der Waals surface area contributed by atoms with Gasteiger partial charge in [0.2, 0.25) is 0 Å². The highest BCUT2D eigenvalue weighted by molar-refractivity contribution is 14.1. The van der Waals surface area contributed by atoms with Crippen LogP contribution in [0, 0.1) is 24.3 Å². The molecule has 0 unspecified atom stereocenters. The molecule has 3 aromatic carbocycles. The molecule has 3 aromatic rings. The number of amides is 4. The molecule has 11 heteroatoms. The van der Waals surface area contributed by atoms with Gasteiger partial charge in [-0.15, -0.1) is 0 Å². The van der Waals surface area contributed by atoms with Gasteiger partial charge in [-0.05, 0) is 96.5 Å². The van der Waals surface area contributed by atoms with Crippen molar-refractivity contribution >= 4 is 62.3 Å². The van der Waals surface area contributed by atoms with Crippen LogP contribution < -0.4 is 19.1 Å². The van der Waals surface area contributed by atoms with Crippen molar-refractivity contribution in [2.45, 2.75) is 25.7 Å². The van der Waals surface area contributed by atoms with Crippen molar-refractivity contribution in [3.8, 4) is 11.5 Å². The Morgan fingerprint density at radius 1 is 0.921 bits per heavy atom. The quantitative estimate of drug-likeness (QED) is 0.179. The number of carbonyl (C=O) groups excluding carboxylic acids is 3. The number of benzene rings is 3. The summed E-state index contributed by atoms with van der Waals surface area (Å²) in [6.45, 7) is 5.42. The fraction of sp³-hybridized carbons (Fsp3) is 0.148. The highest BCUT2D eigenvalue weighted by Gasteiger charge is 2.37.